The second-order valence-electron chi connectivity index (χ2n) is 5.04. The highest BCUT2D eigenvalue weighted by molar-refractivity contribution is 5.94. The van der Waals surface area contributed by atoms with E-state index < -0.39 is 12.0 Å². The summed E-state index contributed by atoms with van der Waals surface area (Å²) in [5.74, 6) is 0.753. The third kappa shape index (κ3) is 2.14. The Morgan fingerprint density at radius 1 is 1.36 bits per heavy atom. The number of hydrogen-bond acceptors (Lipinski definition) is 5. The quantitative estimate of drug-likeness (QED) is 0.839. The van der Waals surface area contributed by atoms with Gasteiger partial charge in [-0.25, -0.2) is 9.59 Å². The molecule has 1 unspecified atom stereocenters. The molecule has 0 spiro atoms. The van der Waals surface area contributed by atoms with Gasteiger partial charge in [-0.05, 0) is 24.6 Å². The van der Waals surface area contributed by atoms with Gasteiger partial charge in [0.2, 0.25) is 6.79 Å². The van der Waals surface area contributed by atoms with Gasteiger partial charge >= 0.3 is 12.0 Å². The number of esters is 1. The molecule has 0 aliphatic carbocycles. The Morgan fingerprint density at radius 3 is 2.82 bits per heavy atom. The minimum absolute atomic E-state index is 0.164. The van der Waals surface area contributed by atoms with Crippen molar-refractivity contribution in [3.63, 3.8) is 0 Å². The summed E-state index contributed by atoms with van der Waals surface area (Å²) in [4.78, 5) is 25.6. The fourth-order valence-corrected chi connectivity index (χ4v) is 2.55. The molecule has 0 bridgehead atoms. The first-order chi connectivity index (χ1) is 10.5. The number of rotatable bonds is 2. The molecule has 1 aromatic rings. The fraction of sp³-hybridized carbons (Fsp3) is 0.333. The van der Waals surface area contributed by atoms with Gasteiger partial charge in [0.25, 0.3) is 0 Å². The van der Waals surface area contributed by atoms with E-state index >= 15 is 0 Å². The Balaban J connectivity index is 2.07. The summed E-state index contributed by atoms with van der Waals surface area (Å²) in [6, 6.07) is 4.43. The van der Waals surface area contributed by atoms with Crippen molar-refractivity contribution in [3.05, 3.63) is 35.0 Å². The SMILES string of the molecule is COC(=O)C1=C(C)N(C)C(=O)NC1c1ccc2c(c1)OCO2. The minimum Gasteiger partial charge on any atom is -0.466 e. The average molecular weight is 304 g/mol. The maximum Gasteiger partial charge on any atom is 0.337 e. The van der Waals surface area contributed by atoms with E-state index in [-0.39, 0.29) is 12.8 Å². The monoisotopic (exact) mass is 304 g/mol. The predicted octanol–water partition coefficient (Wildman–Crippen LogP) is 1.56. The molecule has 0 aromatic heterocycles. The molecule has 1 atom stereocenters. The third-order valence-corrected chi connectivity index (χ3v) is 3.89. The van der Waals surface area contributed by atoms with Crippen LogP contribution in [0.1, 0.15) is 18.5 Å². The van der Waals surface area contributed by atoms with E-state index in [4.69, 9.17) is 14.2 Å². The Kier molecular flexibility index (Phi) is 3.40. The molecular formula is C15H16N2O5. The number of hydrogen-bond donors (Lipinski definition) is 1. The van der Waals surface area contributed by atoms with Crippen molar-refractivity contribution in [2.75, 3.05) is 21.0 Å². The molecule has 0 saturated heterocycles. The van der Waals surface area contributed by atoms with E-state index in [0.717, 1.165) is 5.56 Å². The number of nitrogens with zero attached hydrogens (tertiary/aromatic N) is 1. The van der Waals surface area contributed by atoms with Crippen LogP contribution < -0.4 is 14.8 Å². The number of nitrogens with one attached hydrogen (secondary N) is 1. The summed E-state index contributed by atoms with van der Waals surface area (Å²) < 4.78 is 15.5. The van der Waals surface area contributed by atoms with Crippen LogP contribution >= 0.6 is 0 Å². The van der Waals surface area contributed by atoms with Crippen LogP contribution in [0, 0.1) is 0 Å². The molecule has 2 aliphatic rings. The smallest absolute Gasteiger partial charge is 0.337 e. The number of allylic oxidation sites excluding steroid dienone is 1. The van der Waals surface area contributed by atoms with Crippen LogP contribution in [-0.4, -0.2) is 37.9 Å². The van der Waals surface area contributed by atoms with Crippen molar-refractivity contribution in [2.24, 2.45) is 0 Å². The van der Waals surface area contributed by atoms with Crippen LogP contribution in [0.25, 0.3) is 0 Å². The first-order valence-corrected chi connectivity index (χ1v) is 6.75. The zero-order valence-corrected chi connectivity index (χ0v) is 12.5. The molecule has 1 aromatic carbocycles. The van der Waals surface area contributed by atoms with Gasteiger partial charge in [-0.15, -0.1) is 0 Å². The molecule has 2 aliphatic heterocycles. The molecule has 7 nitrogen and oxygen atoms in total. The lowest BCUT2D eigenvalue weighted by Crippen LogP contribution is -2.46. The van der Waals surface area contributed by atoms with E-state index in [9.17, 15) is 9.59 Å². The summed E-state index contributed by atoms with van der Waals surface area (Å²) in [7, 11) is 2.92. The van der Waals surface area contributed by atoms with Gasteiger partial charge < -0.3 is 24.4 Å². The summed E-state index contributed by atoms with van der Waals surface area (Å²) in [6.07, 6.45) is 0. The van der Waals surface area contributed by atoms with Gasteiger partial charge in [0.15, 0.2) is 11.5 Å². The molecule has 0 fully saturated rings. The van der Waals surface area contributed by atoms with Crippen LogP contribution in [-0.2, 0) is 9.53 Å². The van der Waals surface area contributed by atoms with Gasteiger partial charge in [0, 0.05) is 12.7 Å². The Bertz CT molecular complexity index is 683. The number of ether oxygens (including phenoxy) is 3. The summed E-state index contributed by atoms with van der Waals surface area (Å²) >= 11 is 0. The van der Waals surface area contributed by atoms with Gasteiger partial charge in [-0.2, -0.15) is 0 Å². The largest absolute Gasteiger partial charge is 0.466 e. The van der Waals surface area contributed by atoms with Crippen LogP contribution in [0.5, 0.6) is 11.5 Å². The molecule has 2 amide bonds. The van der Waals surface area contributed by atoms with E-state index in [0.29, 0.717) is 22.8 Å². The predicted molar refractivity (Wildman–Crippen MR) is 76.3 cm³/mol. The van der Waals surface area contributed by atoms with Crippen molar-refractivity contribution in [1.82, 2.24) is 10.2 Å². The van der Waals surface area contributed by atoms with Crippen molar-refractivity contribution >= 4 is 12.0 Å². The number of methoxy groups -OCH3 is 1. The second kappa shape index (κ2) is 5.25. The first kappa shape index (κ1) is 14.2. The molecular weight excluding hydrogens is 288 g/mol. The topological polar surface area (TPSA) is 77.1 Å². The van der Waals surface area contributed by atoms with Crippen molar-refractivity contribution in [3.8, 4) is 11.5 Å². The van der Waals surface area contributed by atoms with Crippen LogP contribution in [0.2, 0.25) is 0 Å². The minimum atomic E-state index is -0.592. The molecule has 1 N–H and O–H groups in total. The molecule has 22 heavy (non-hydrogen) atoms. The van der Waals surface area contributed by atoms with E-state index in [1.807, 2.05) is 0 Å². The molecule has 0 radical (unpaired) electrons. The number of benzene rings is 1. The van der Waals surface area contributed by atoms with Gasteiger partial charge in [0.05, 0.1) is 18.7 Å². The standard InChI is InChI=1S/C15H16N2O5/c1-8-12(14(18)20-3)13(16-15(19)17(8)2)9-4-5-10-11(6-9)22-7-21-10/h4-6,13H,7H2,1-3H3,(H,16,19). The normalized spacial score (nSPS) is 20.0. The van der Waals surface area contributed by atoms with Gasteiger partial charge in [-0.1, -0.05) is 6.07 Å². The van der Waals surface area contributed by atoms with E-state index in [1.54, 1.807) is 32.2 Å². The zero-order chi connectivity index (χ0) is 15.9. The number of carbonyl (C=O) groups is 2. The molecule has 2 heterocycles. The van der Waals surface area contributed by atoms with Crippen LogP contribution in [0.15, 0.2) is 29.5 Å². The highest BCUT2D eigenvalue weighted by atomic mass is 16.7. The van der Waals surface area contributed by atoms with E-state index in [1.165, 1.54) is 12.0 Å². The Labute approximate surface area is 127 Å². The third-order valence-electron chi connectivity index (χ3n) is 3.89. The highest BCUT2D eigenvalue weighted by Crippen LogP contribution is 2.37. The zero-order valence-electron chi connectivity index (χ0n) is 12.5. The summed E-state index contributed by atoms with van der Waals surface area (Å²) in [6.45, 7) is 1.88. The molecule has 7 heteroatoms. The first-order valence-electron chi connectivity index (χ1n) is 6.75. The second-order valence-corrected chi connectivity index (χ2v) is 5.04. The summed E-state index contributed by atoms with van der Waals surface area (Å²) in [5, 5.41) is 2.80. The number of amides is 2. The van der Waals surface area contributed by atoms with Crippen molar-refractivity contribution in [1.29, 1.82) is 0 Å². The van der Waals surface area contributed by atoms with Crippen LogP contribution in [0.4, 0.5) is 4.79 Å². The Hall–Kier alpha value is -2.70. The molecule has 0 saturated carbocycles. The lowest BCUT2D eigenvalue weighted by atomic mass is 9.95. The number of fused-ring (bicyclic) bond motifs is 1. The van der Waals surface area contributed by atoms with Crippen molar-refractivity contribution < 1.29 is 23.8 Å². The Morgan fingerprint density at radius 2 is 2.09 bits per heavy atom. The van der Waals surface area contributed by atoms with Gasteiger partial charge in [0.1, 0.15) is 0 Å². The molecule has 3 rings (SSSR count). The highest BCUT2D eigenvalue weighted by Gasteiger charge is 2.35. The lowest BCUT2D eigenvalue weighted by Gasteiger charge is -2.33. The number of carbonyl (C=O) groups excluding carboxylic acids is 2. The van der Waals surface area contributed by atoms with Crippen molar-refractivity contribution in [2.45, 2.75) is 13.0 Å². The lowest BCUT2D eigenvalue weighted by molar-refractivity contribution is -0.136. The maximum atomic E-state index is 12.1. The van der Waals surface area contributed by atoms with E-state index in [2.05, 4.69) is 5.32 Å². The maximum absolute atomic E-state index is 12.1. The average Bonchev–Trinajstić information content (AvgIpc) is 2.99. The fourth-order valence-electron chi connectivity index (χ4n) is 2.55. The molecule has 116 valence electrons. The summed E-state index contributed by atoms with van der Waals surface area (Å²) in [5.41, 5.74) is 1.67. The van der Waals surface area contributed by atoms with Crippen LogP contribution in [0.3, 0.4) is 0 Å². The number of urea groups is 1. The van der Waals surface area contributed by atoms with Gasteiger partial charge in [-0.3, -0.25) is 0 Å².